The van der Waals surface area contributed by atoms with Crippen LogP contribution in [0.2, 0.25) is 0 Å². The lowest BCUT2D eigenvalue weighted by Gasteiger charge is -2.05. The molecule has 0 aliphatic carbocycles. The van der Waals surface area contributed by atoms with Crippen molar-refractivity contribution in [3.63, 3.8) is 0 Å². The van der Waals surface area contributed by atoms with Crippen LogP contribution in [0.15, 0.2) is 30.5 Å². The van der Waals surface area contributed by atoms with Crippen molar-refractivity contribution < 1.29 is 4.79 Å². The lowest BCUT2D eigenvalue weighted by atomic mass is 10.2. The van der Waals surface area contributed by atoms with E-state index in [9.17, 15) is 4.79 Å². The highest BCUT2D eigenvalue weighted by Crippen LogP contribution is 2.20. The number of nitrogens with two attached hydrogens (primary N) is 1. The Kier molecular flexibility index (Phi) is 3.44. The van der Waals surface area contributed by atoms with Crippen molar-refractivity contribution in [1.82, 2.24) is 9.88 Å². The van der Waals surface area contributed by atoms with Gasteiger partial charge in [0.25, 0.3) is 0 Å². The Hall–Kier alpha value is -1.81. The summed E-state index contributed by atoms with van der Waals surface area (Å²) in [6.45, 7) is 3.40. The number of amides is 1. The molecule has 90 valence electrons. The number of fused-ring (bicyclic) bond motifs is 1. The molecule has 0 aliphatic heterocycles. The van der Waals surface area contributed by atoms with Gasteiger partial charge in [-0.25, -0.2) is 0 Å². The summed E-state index contributed by atoms with van der Waals surface area (Å²) in [6.07, 6.45) is 1.96. The van der Waals surface area contributed by atoms with E-state index in [4.69, 9.17) is 5.73 Å². The van der Waals surface area contributed by atoms with E-state index in [0.717, 1.165) is 16.5 Å². The maximum absolute atomic E-state index is 11.6. The van der Waals surface area contributed by atoms with Gasteiger partial charge in [-0.3, -0.25) is 4.79 Å². The molecule has 0 atom stereocenters. The van der Waals surface area contributed by atoms with Gasteiger partial charge in [0.15, 0.2) is 0 Å². The van der Waals surface area contributed by atoms with E-state index in [1.807, 2.05) is 42.0 Å². The summed E-state index contributed by atoms with van der Waals surface area (Å²) >= 11 is 0. The Morgan fingerprint density at radius 2 is 2.18 bits per heavy atom. The van der Waals surface area contributed by atoms with Crippen LogP contribution < -0.4 is 11.1 Å². The molecule has 0 spiro atoms. The van der Waals surface area contributed by atoms with E-state index >= 15 is 0 Å². The first-order chi connectivity index (χ1) is 8.26. The van der Waals surface area contributed by atoms with Crippen molar-refractivity contribution in [2.24, 2.45) is 5.73 Å². The Morgan fingerprint density at radius 1 is 1.41 bits per heavy atom. The fourth-order valence-electron chi connectivity index (χ4n) is 2.02. The molecule has 3 N–H and O–H groups in total. The van der Waals surface area contributed by atoms with Crippen LogP contribution in [0.1, 0.15) is 12.5 Å². The zero-order valence-electron chi connectivity index (χ0n) is 9.94. The largest absolute Gasteiger partial charge is 0.355 e. The number of rotatable bonds is 4. The molecule has 2 rings (SSSR count). The number of carbonyl (C=O) groups excluding carboxylic acids is 1. The molecular formula is C13H17N3O. The minimum absolute atomic E-state index is 0.0248. The molecule has 4 nitrogen and oxygen atoms in total. The summed E-state index contributed by atoms with van der Waals surface area (Å²) in [7, 11) is 0. The van der Waals surface area contributed by atoms with E-state index in [-0.39, 0.29) is 5.91 Å². The van der Waals surface area contributed by atoms with Gasteiger partial charge in [0.2, 0.25) is 5.91 Å². The summed E-state index contributed by atoms with van der Waals surface area (Å²) in [5.74, 6) is 0.0248. The number of nitrogens with one attached hydrogen (secondary N) is 1. The highest BCUT2D eigenvalue weighted by Gasteiger charge is 2.09. The van der Waals surface area contributed by atoms with Crippen molar-refractivity contribution in [1.29, 1.82) is 0 Å². The second kappa shape index (κ2) is 5.01. The Morgan fingerprint density at radius 3 is 2.88 bits per heavy atom. The lowest BCUT2D eigenvalue weighted by molar-refractivity contribution is -0.121. The highest BCUT2D eigenvalue weighted by atomic mass is 16.1. The number of carbonyl (C=O) groups is 1. The molecule has 1 heterocycles. The van der Waals surface area contributed by atoms with E-state index in [1.54, 1.807) is 0 Å². The van der Waals surface area contributed by atoms with Gasteiger partial charge in [0.05, 0.1) is 0 Å². The molecule has 0 saturated heterocycles. The normalized spacial score (nSPS) is 10.7. The third kappa shape index (κ3) is 2.31. The van der Waals surface area contributed by atoms with Crippen molar-refractivity contribution in [2.45, 2.75) is 20.0 Å². The van der Waals surface area contributed by atoms with Gasteiger partial charge in [-0.05, 0) is 18.6 Å². The zero-order valence-corrected chi connectivity index (χ0v) is 9.94. The van der Waals surface area contributed by atoms with E-state index in [0.29, 0.717) is 19.6 Å². The standard InChI is InChI=1S/C13H17N3O/c1-2-15-13(17)9-16-8-10(7-14)11-5-3-4-6-12(11)16/h3-6,8H,2,7,9,14H2,1H3,(H,15,17). The molecule has 4 heteroatoms. The Bertz CT molecular complexity index is 530. The van der Waals surface area contributed by atoms with Crippen LogP contribution in [0.4, 0.5) is 0 Å². The van der Waals surface area contributed by atoms with Crippen molar-refractivity contribution in [2.75, 3.05) is 6.54 Å². The number of benzene rings is 1. The van der Waals surface area contributed by atoms with Crippen molar-refractivity contribution in [3.05, 3.63) is 36.0 Å². The molecular weight excluding hydrogens is 214 g/mol. The molecule has 1 aromatic heterocycles. The number of nitrogens with zero attached hydrogens (tertiary/aromatic N) is 1. The molecule has 0 unspecified atom stereocenters. The summed E-state index contributed by atoms with van der Waals surface area (Å²) < 4.78 is 1.95. The number of aromatic nitrogens is 1. The first kappa shape index (κ1) is 11.7. The molecule has 0 saturated carbocycles. The zero-order chi connectivity index (χ0) is 12.3. The third-order valence-electron chi connectivity index (χ3n) is 2.78. The number of likely N-dealkylation sites (N-methyl/N-ethyl adjacent to an activating group) is 1. The Labute approximate surface area is 100 Å². The second-order valence-electron chi connectivity index (χ2n) is 3.96. The van der Waals surface area contributed by atoms with Crippen molar-refractivity contribution >= 4 is 16.8 Å². The Balaban J connectivity index is 2.37. The average Bonchev–Trinajstić information content (AvgIpc) is 2.68. The van der Waals surface area contributed by atoms with Gasteiger partial charge in [-0.15, -0.1) is 0 Å². The maximum atomic E-state index is 11.6. The summed E-state index contributed by atoms with van der Waals surface area (Å²) in [4.78, 5) is 11.6. The maximum Gasteiger partial charge on any atom is 0.239 e. The average molecular weight is 231 g/mol. The predicted molar refractivity (Wildman–Crippen MR) is 68.5 cm³/mol. The van der Waals surface area contributed by atoms with Crippen LogP contribution in [0.5, 0.6) is 0 Å². The number of hydrogen-bond donors (Lipinski definition) is 2. The van der Waals surface area contributed by atoms with Crippen LogP contribution >= 0.6 is 0 Å². The van der Waals surface area contributed by atoms with Crippen LogP contribution in [0.25, 0.3) is 10.9 Å². The number of para-hydroxylation sites is 1. The molecule has 17 heavy (non-hydrogen) atoms. The predicted octanol–water partition coefficient (Wildman–Crippen LogP) is 1.24. The van der Waals surface area contributed by atoms with Gasteiger partial charge >= 0.3 is 0 Å². The molecule has 1 amide bonds. The van der Waals surface area contributed by atoms with Crippen molar-refractivity contribution in [3.8, 4) is 0 Å². The van der Waals surface area contributed by atoms with Gasteiger partial charge < -0.3 is 15.6 Å². The second-order valence-corrected chi connectivity index (χ2v) is 3.96. The van der Waals surface area contributed by atoms with Gasteiger partial charge in [0, 0.05) is 30.2 Å². The van der Waals surface area contributed by atoms with Gasteiger partial charge in [-0.1, -0.05) is 18.2 Å². The number of hydrogen-bond acceptors (Lipinski definition) is 2. The van der Waals surface area contributed by atoms with E-state index < -0.39 is 0 Å². The van der Waals surface area contributed by atoms with Crippen LogP contribution in [0.3, 0.4) is 0 Å². The summed E-state index contributed by atoms with van der Waals surface area (Å²) in [6, 6.07) is 7.99. The smallest absolute Gasteiger partial charge is 0.239 e. The SMILES string of the molecule is CCNC(=O)Cn1cc(CN)c2ccccc21. The molecule has 0 bridgehead atoms. The van der Waals surface area contributed by atoms with Gasteiger partial charge in [-0.2, -0.15) is 0 Å². The van der Waals surface area contributed by atoms with Gasteiger partial charge in [0.1, 0.15) is 6.54 Å². The molecule has 2 aromatic rings. The molecule has 0 fully saturated rings. The fraction of sp³-hybridized carbons (Fsp3) is 0.308. The first-order valence-corrected chi connectivity index (χ1v) is 5.79. The van der Waals surface area contributed by atoms with E-state index in [1.165, 1.54) is 0 Å². The van der Waals surface area contributed by atoms with E-state index in [2.05, 4.69) is 5.32 Å². The minimum Gasteiger partial charge on any atom is -0.355 e. The first-order valence-electron chi connectivity index (χ1n) is 5.79. The molecule has 0 radical (unpaired) electrons. The monoisotopic (exact) mass is 231 g/mol. The van der Waals surface area contributed by atoms with Crippen LogP contribution in [0, 0.1) is 0 Å². The van der Waals surface area contributed by atoms with Crippen LogP contribution in [-0.4, -0.2) is 17.0 Å². The summed E-state index contributed by atoms with van der Waals surface area (Å²) in [5, 5.41) is 3.92. The highest BCUT2D eigenvalue weighted by molar-refractivity contribution is 5.86. The molecule has 1 aromatic carbocycles. The quantitative estimate of drug-likeness (QED) is 0.831. The topological polar surface area (TPSA) is 60.0 Å². The minimum atomic E-state index is 0.0248. The molecule has 0 aliphatic rings. The third-order valence-corrected chi connectivity index (χ3v) is 2.78. The fourth-order valence-corrected chi connectivity index (χ4v) is 2.02. The summed E-state index contributed by atoms with van der Waals surface area (Å²) in [5.41, 5.74) is 7.83. The van der Waals surface area contributed by atoms with Crippen LogP contribution in [-0.2, 0) is 17.9 Å². The lowest BCUT2D eigenvalue weighted by Crippen LogP contribution is -2.26.